The van der Waals surface area contributed by atoms with Gasteiger partial charge in [-0.3, -0.25) is 0 Å². The molecule has 14 heavy (non-hydrogen) atoms. The van der Waals surface area contributed by atoms with E-state index in [0.717, 1.165) is 25.7 Å². The molecule has 0 aliphatic carbocycles. The van der Waals surface area contributed by atoms with Crippen molar-refractivity contribution in [2.45, 2.75) is 37.5 Å². The number of hydrogen-bond acceptors (Lipinski definition) is 3. The second-order valence-electron chi connectivity index (χ2n) is 4.15. The summed E-state index contributed by atoms with van der Waals surface area (Å²) in [5.41, 5.74) is 5.56. The van der Waals surface area contributed by atoms with E-state index in [9.17, 15) is 4.79 Å². The Bertz CT molecular complexity index is 236. The Morgan fingerprint density at radius 3 is 2.50 bits per heavy atom. The Morgan fingerprint density at radius 2 is 2.07 bits per heavy atom. The molecule has 2 rings (SSSR count). The number of piperidine rings is 1. The number of hydrogen-bond donors (Lipinski definition) is 2. The third-order valence-corrected chi connectivity index (χ3v) is 3.23. The summed E-state index contributed by atoms with van der Waals surface area (Å²) < 4.78 is 5.68. The molecule has 5 heteroatoms. The molecule has 1 unspecified atom stereocenters. The van der Waals surface area contributed by atoms with E-state index in [1.165, 1.54) is 4.90 Å². The smallest absolute Gasteiger partial charge is 0.407 e. The van der Waals surface area contributed by atoms with Crippen LogP contribution in [-0.2, 0) is 4.74 Å². The molecule has 1 amide bonds. The Labute approximate surface area is 82.8 Å². The minimum absolute atomic E-state index is 0.120. The van der Waals surface area contributed by atoms with Crippen molar-refractivity contribution in [3.63, 3.8) is 0 Å². The fourth-order valence-electron chi connectivity index (χ4n) is 2.32. The summed E-state index contributed by atoms with van der Waals surface area (Å²) in [6.07, 6.45) is 2.46. The van der Waals surface area contributed by atoms with E-state index in [2.05, 4.69) is 0 Å². The Kier molecular flexibility index (Phi) is 2.36. The van der Waals surface area contributed by atoms with Crippen molar-refractivity contribution >= 4 is 6.09 Å². The van der Waals surface area contributed by atoms with Gasteiger partial charge in [-0.2, -0.15) is 0 Å². The quantitative estimate of drug-likeness (QED) is 0.600. The maximum absolute atomic E-state index is 10.7. The van der Waals surface area contributed by atoms with Gasteiger partial charge in [0.2, 0.25) is 0 Å². The van der Waals surface area contributed by atoms with Gasteiger partial charge in [0.15, 0.2) is 0 Å². The van der Waals surface area contributed by atoms with Crippen LogP contribution >= 0.6 is 0 Å². The van der Waals surface area contributed by atoms with E-state index in [-0.39, 0.29) is 11.8 Å². The summed E-state index contributed by atoms with van der Waals surface area (Å²) in [5.74, 6) is 0. The Balaban J connectivity index is 1.92. The van der Waals surface area contributed by atoms with Gasteiger partial charge in [0.25, 0.3) is 0 Å². The molecule has 0 aromatic heterocycles. The first-order valence-corrected chi connectivity index (χ1v) is 5.03. The van der Waals surface area contributed by atoms with Crippen molar-refractivity contribution in [1.82, 2.24) is 4.90 Å². The average molecular weight is 200 g/mol. The van der Waals surface area contributed by atoms with Gasteiger partial charge in [0.1, 0.15) is 6.23 Å². The standard InChI is InChI=1S/C9H16N2O3/c10-7-1-2-9(14-7)3-5-11(6-4-9)8(12)13/h7H,1-6,10H2,(H,12,13). The molecule has 2 saturated heterocycles. The molecule has 2 aliphatic rings. The van der Waals surface area contributed by atoms with Crippen LogP contribution in [0, 0.1) is 0 Å². The van der Waals surface area contributed by atoms with Crippen LogP contribution < -0.4 is 5.73 Å². The molecule has 5 nitrogen and oxygen atoms in total. The molecule has 0 radical (unpaired) electrons. The molecule has 0 saturated carbocycles. The summed E-state index contributed by atoms with van der Waals surface area (Å²) in [6, 6.07) is 0. The topological polar surface area (TPSA) is 75.8 Å². The number of carboxylic acid groups (broad SMARTS) is 1. The van der Waals surface area contributed by atoms with Crippen LogP contribution in [0.5, 0.6) is 0 Å². The van der Waals surface area contributed by atoms with Crippen LogP contribution in [0.3, 0.4) is 0 Å². The van der Waals surface area contributed by atoms with Gasteiger partial charge in [0, 0.05) is 13.1 Å². The fraction of sp³-hybridized carbons (Fsp3) is 0.889. The minimum atomic E-state index is -0.831. The molecular weight excluding hydrogens is 184 g/mol. The summed E-state index contributed by atoms with van der Waals surface area (Å²) in [7, 11) is 0. The van der Waals surface area contributed by atoms with E-state index in [1.54, 1.807) is 0 Å². The zero-order valence-corrected chi connectivity index (χ0v) is 8.11. The predicted octanol–water partition coefficient (Wildman–Crippen LogP) is 0.594. The number of carbonyl (C=O) groups is 1. The molecule has 0 aromatic rings. The van der Waals surface area contributed by atoms with Crippen molar-refractivity contribution in [3.05, 3.63) is 0 Å². The zero-order chi connectivity index (χ0) is 10.2. The van der Waals surface area contributed by atoms with Gasteiger partial charge in [-0.25, -0.2) is 4.79 Å². The monoisotopic (exact) mass is 200 g/mol. The second-order valence-corrected chi connectivity index (χ2v) is 4.15. The number of rotatable bonds is 0. The maximum Gasteiger partial charge on any atom is 0.407 e. The summed E-state index contributed by atoms with van der Waals surface area (Å²) >= 11 is 0. The molecule has 1 spiro atoms. The lowest BCUT2D eigenvalue weighted by Gasteiger charge is -2.37. The summed E-state index contributed by atoms with van der Waals surface area (Å²) in [5, 5.41) is 8.78. The van der Waals surface area contributed by atoms with Crippen LogP contribution in [0.25, 0.3) is 0 Å². The number of nitrogens with zero attached hydrogens (tertiary/aromatic N) is 1. The highest BCUT2D eigenvalue weighted by atomic mass is 16.5. The zero-order valence-electron chi connectivity index (χ0n) is 8.11. The first kappa shape index (κ1) is 9.73. The molecular formula is C9H16N2O3. The van der Waals surface area contributed by atoms with Crippen molar-refractivity contribution < 1.29 is 14.6 Å². The molecule has 80 valence electrons. The van der Waals surface area contributed by atoms with Crippen molar-refractivity contribution in [1.29, 1.82) is 0 Å². The largest absolute Gasteiger partial charge is 0.465 e. The lowest BCUT2D eigenvalue weighted by atomic mass is 9.89. The van der Waals surface area contributed by atoms with Crippen LogP contribution in [0.15, 0.2) is 0 Å². The Hall–Kier alpha value is -0.810. The van der Waals surface area contributed by atoms with E-state index >= 15 is 0 Å². The highest BCUT2D eigenvalue weighted by molar-refractivity contribution is 5.65. The molecule has 3 N–H and O–H groups in total. The van der Waals surface area contributed by atoms with Gasteiger partial charge in [-0.15, -0.1) is 0 Å². The van der Waals surface area contributed by atoms with E-state index < -0.39 is 6.09 Å². The molecule has 2 fully saturated rings. The number of likely N-dealkylation sites (tertiary alicyclic amines) is 1. The lowest BCUT2D eigenvalue weighted by Crippen LogP contribution is -2.46. The highest BCUT2D eigenvalue weighted by Crippen LogP contribution is 2.37. The van der Waals surface area contributed by atoms with Crippen molar-refractivity contribution in [2.75, 3.05) is 13.1 Å². The normalized spacial score (nSPS) is 30.9. The van der Waals surface area contributed by atoms with E-state index in [0.29, 0.717) is 13.1 Å². The number of amides is 1. The van der Waals surface area contributed by atoms with Crippen molar-refractivity contribution in [2.24, 2.45) is 5.73 Å². The fourth-order valence-corrected chi connectivity index (χ4v) is 2.32. The Morgan fingerprint density at radius 1 is 1.43 bits per heavy atom. The molecule has 2 heterocycles. The van der Waals surface area contributed by atoms with Gasteiger partial charge in [0.05, 0.1) is 5.60 Å². The minimum Gasteiger partial charge on any atom is -0.465 e. The van der Waals surface area contributed by atoms with Crippen LogP contribution in [0.2, 0.25) is 0 Å². The van der Waals surface area contributed by atoms with Crippen LogP contribution in [0.4, 0.5) is 4.79 Å². The number of nitrogens with two attached hydrogens (primary N) is 1. The molecule has 2 aliphatic heterocycles. The van der Waals surface area contributed by atoms with E-state index in [1.807, 2.05) is 0 Å². The third-order valence-electron chi connectivity index (χ3n) is 3.23. The van der Waals surface area contributed by atoms with E-state index in [4.69, 9.17) is 15.6 Å². The number of ether oxygens (including phenoxy) is 1. The SMILES string of the molecule is NC1CCC2(CCN(C(=O)O)CC2)O1. The second kappa shape index (κ2) is 3.40. The highest BCUT2D eigenvalue weighted by Gasteiger charge is 2.42. The summed E-state index contributed by atoms with van der Waals surface area (Å²) in [6.45, 7) is 1.14. The van der Waals surface area contributed by atoms with Crippen molar-refractivity contribution in [3.8, 4) is 0 Å². The lowest BCUT2D eigenvalue weighted by molar-refractivity contribution is -0.0713. The van der Waals surface area contributed by atoms with Crippen LogP contribution in [-0.4, -0.2) is 41.0 Å². The summed E-state index contributed by atoms with van der Waals surface area (Å²) in [4.78, 5) is 12.1. The first-order valence-electron chi connectivity index (χ1n) is 5.03. The average Bonchev–Trinajstić information content (AvgIpc) is 2.48. The maximum atomic E-state index is 10.7. The third kappa shape index (κ3) is 1.69. The molecule has 0 bridgehead atoms. The molecule has 0 aromatic carbocycles. The van der Waals surface area contributed by atoms with Gasteiger partial charge < -0.3 is 20.5 Å². The van der Waals surface area contributed by atoms with Gasteiger partial charge in [-0.1, -0.05) is 0 Å². The van der Waals surface area contributed by atoms with Gasteiger partial charge >= 0.3 is 6.09 Å². The first-order chi connectivity index (χ1) is 6.61. The predicted molar refractivity (Wildman–Crippen MR) is 49.9 cm³/mol. The molecule has 1 atom stereocenters. The van der Waals surface area contributed by atoms with Crippen LogP contribution in [0.1, 0.15) is 25.7 Å². The van der Waals surface area contributed by atoms with Gasteiger partial charge in [-0.05, 0) is 25.7 Å².